The average Bonchev–Trinajstić information content (AvgIpc) is 2.63. The van der Waals surface area contributed by atoms with Crippen LogP contribution >= 0.6 is 0 Å². The van der Waals surface area contributed by atoms with Crippen molar-refractivity contribution in [1.29, 1.82) is 0 Å². The summed E-state index contributed by atoms with van der Waals surface area (Å²) in [6.45, 7) is 2.54. The van der Waals surface area contributed by atoms with E-state index in [1.165, 1.54) is 58.0 Å². The summed E-state index contributed by atoms with van der Waals surface area (Å²) in [6, 6.07) is 0.685. The van der Waals surface area contributed by atoms with E-state index in [1.54, 1.807) is 0 Å². The molecule has 2 aliphatic carbocycles. The fourth-order valence-corrected chi connectivity index (χ4v) is 4.08. The molecule has 3 rings (SSSR count). The molecule has 0 aromatic carbocycles. The zero-order valence-electron chi connectivity index (χ0n) is 9.94. The molecule has 0 aromatic heterocycles. The summed E-state index contributed by atoms with van der Waals surface area (Å²) in [5, 5.41) is 12.8. The number of oxime groups is 1. The number of piperidine rings is 1. The van der Waals surface area contributed by atoms with Crippen molar-refractivity contribution in [1.82, 2.24) is 4.90 Å². The molecule has 0 unspecified atom stereocenters. The van der Waals surface area contributed by atoms with Gasteiger partial charge in [-0.15, -0.1) is 0 Å². The lowest BCUT2D eigenvalue weighted by molar-refractivity contribution is 0.123. The highest BCUT2D eigenvalue weighted by atomic mass is 16.4. The van der Waals surface area contributed by atoms with E-state index in [1.807, 2.05) is 0 Å². The van der Waals surface area contributed by atoms with E-state index in [2.05, 4.69) is 10.1 Å². The standard InChI is InChI=1S/C13H22N2O/c16-14-13-10-4-6-11(13)12(7-5-10)15-8-2-1-3-9-15/h10-12,16H,1-9H2/t10-,11+,12-/m0/s1. The zero-order valence-corrected chi connectivity index (χ0v) is 9.94. The lowest BCUT2D eigenvalue weighted by Gasteiger charge is -2.40. The summed E-state index contributed by atoms with van der Waals surface area (Å²) in [5.41, 5.74) is 1.13. The third-order valence-corrected chi connectivity index (χ3v) is 4.87. The SMILES string of the molecule is ON=C1[C@H]2CC[C@@H]1[C@@H](N1CCCCC1)CC2. The molecule has 1 aliphatic heterocycles. The Morgan fingerprint density at radius 3 is 2.50 bits per heavy atom. The highest BCUT2D eigenvalue weighted by Gasteiger charge is 2.44. The molecule has 3 fully saturated rings. The summed E-state index contributed by atoms with van der Waals surface area (Å²) in [7, 11) is 0. The fourth-order valence-electron chi connectivity index (χ4n) is 4.08. The summed E-state index contributed by atoms with van der Waals surface area (Å²) in [6.07, 6.45) is 9.21. The van der Waals surface area contributed by atoms with Crippen LogP contribution in [0.3, 0.4) is 0 Å². The van der Waals surface area contributed by atoms with Gasteiger partial charge in [0.1, 0.15) is 0 Å². The van der Waals surface area contributed by atoms with E-state index in [4.69, 9.17) is 5.21 Å². The normalized spacial score (nSPS) is 42.8. The minimum Gasteiger partial charge on any atom is -0.411 e. The van der Waals surface area contributed by atoms with Crippen LogP contribution in [0.2, 0.25) is 0 Å². The van der Waals surface area contributed by atoms with Crippen molar-refractivity contribution in [3.05, 3.63) is 0 Å². The Morgan fingerprint density at radius 2 is 1.75 bits per heavy atom. The van der Waals surface area contributed by atoms with Crippen molar-refractivity contribution >= 4 is 5.71 Å². The van der Waals surface area contributed by atoms with Crippen LogP contribution in [0.25, 0.3) is 0 Å². The summed E-state index contributed by atoms with van der Waals surface area (Å²) < 4.78 is 0. The first-order valence-corrected chi connectivity index (χ1v) is 6.86. The van der Waals surface area contributed by atoms with E-state index in [0.717, 1.165) is 5.71 Å². The van der Waals surface area contributed by atoms with Crippen molar-refractivity contribution in [2.75, 3.05) is 13.1 Å². The number of rotatable bonds is 1. The van der Waals surface area contributed by atoms with Gasteiger partial charge in [0, 0.05) is 17.9 Å². The van der Waals surface area contributed by atoms with Crippen LogP contribution in [0.5, 0.6) is 0 Å². The monoisotopic (exact) mass is 222 g/mol. The molecule has 0 aromatic rings. The number of nitrogens with zero attached hydrogens (tertiary/aromatic N) is 2. The highest BCUT2D eigenvalue weighted by Crippen LogP contribution is 2.42. The first kappa shape index (κ1) is 10.6. The van der Waals surface area contributed by atoms with Gasteiger partial charge in [0.05, 0.1) is 5.71 Å². The predicted molar refractivity (Wildman–Crippen MR) is 63.9 cm³/mol. The van der Waals surface area contributed by atoms with Gasteiger partial charge in [0.15, 0.2) is 0 Å². The molecule has 1 heterocycles. The van der Waals surface area contributed by atoms with Gasteiger partial charge >= 0.3 is 0 Å². The van der Waals surface area contributed by atoms with Crippen LogP contribution < -0.4 is 0 Å². The van der Waals surface area contributed by atoms with Crippen LogP contribution in [-0.2, 0) is 0 Å². The molecule has 3 nitrogen and oxygen atoms in total. The second kappa shape index (κ2) is 4.36. The molecule has 0 amide bonds. The van der Waals surface area contributed by atoms with Crippen molar-refractivity contribution in [3.63, 3.8) is 0 Å². The molecule has 3 aliphatic rings. The summed E-state index contributed by atoms with van der Waals surface area (Å²) in [4.78, 5) is 2.67. The Labute approximate surface area is 97.5 Å². The number of fused-ring (bicyclic) bond motifs is 2. The van der Waals surface area contributed by atoms with Gasteiger partial charge in [-0.1, -0.05) is 11.6 Å². The Balaban J connectivity index is 1.75. The third-order valence-electron chi connectivity index (χ3n) is 4.87. The second-order valence-electron chi connectivity index (χ2n) is 5.65. The maximum absolute atomic E-state index is 9.16. The second-order valence-corrected chi connectivity index (χ2v) is 5.65. The smallest absolute Gasteiger partial charge is 0.0648 e. The van der Waals surface area contributed by atoms with Gasteiger partial charge < -0.3 is 5.21 Å². The molecule has 16 heavy (non-hydrogen) atoms. The number of hydrogen-bond donors (Lipinski definition) is 1. The van der Waals surface area contributed by atoms with Crippen LogP contribution in [0, 0.1) is 11.8 Å². The van der Waals surface area contributed by atoms with Gasteiger partial charge in [-0.3, -0.25) is 4.90 Å². The van der Waals surface area contributed by atoms with Crippen molar-refractivity contribution < 1.29 is 5.21 Å². The molecule has 1 saturated heterocycles. The molecular formula is C13H22N2O. The zero-order chi connectivity index (χ0) is 11.0. The van der Waals surface area contributed by atoms with Crippen LogP contribution in [0.4, 0.5) is 0 Å². The van der Waals surface area contributed by atoms with Crippen molar-refractivity contribution in [2.24, 2.45) is 17.0 Å². The van der Waals surface area contributed by atoms with Gasteiger partial charge in [-0.2, -0.15) is 0 Å². The maximum Gasteiger partial charge on any atom is 0.0648 e. The fraction of sp³-hybridized carbons (Fsp3) is 0.923. The lowest BCUT2D eigenvalue weighted by atomic mass is 9.81. The quantitative estimate of drug-likeness (QED) is 0.546. The Kier molecular flexibility index (Phi) is 2.88. The number of hydrogen-bond acceptors (Lipinski definition) is 3. The van der Waals surface area contributed by atoms with E-state index in [0.29, 0.717) is 17.9 Å². The molecule has 2 bridgehead atoms. The molecule has 3 atom stereocenters. The average molecular weight is 222 g/mol. The summed E-state index contributed by atoms with van der Waals surface area (Å²) in [5.74, 6) is 1.18. The topological polar surface area (TPSA) is 35.8 Å². The first-order chi connectivity index (χ1) is 7.90. The predicted octanol–water partition coefficient (Wildman–Crippen LogP) is 2.49. The Hall–Kier alpha value is -0.570. The van der Waals surface area contributed by atoms with Crippen LogP contribution in [0.15, 0.2) is 5.16 Å². The molecule has 90 valence electrons. The van der Waals surface area contributed by atoms with E-state index in [9.17, 15) is 0 Å². The van der Waals surface area contributed by atoms with Gasteiger partial charge in [-0.25, -0.2) is 0 Å². The molecule has 1 N–H and O–H groups in total. The summed E-state index contributed by atoms with van der Waals surface area (Å²) >= 11 is 0. The molecule has 0 spiro atoms. The minimum atomic E-state index is 0.571. The minimum absolute atomic E-state index is 0.571. The lowest BCUT2D eigenvalue weighted by Crippen LogP contribution is -2.47. The van der Waals surface area contributed by atoms with Crippen molar-refractivity contribution in [2.45, 2.75) is 51.0 Å². The van der Waals surface area contributed by atoms with Gasteiger partial charge in [0.2, 0.25) is 0 Å². The van der Waals surface area contributed by atoms with Crippen LogP contribution in [-0.4, -0.2) is 35.0 Å². The molecule has 3 heteroatoms. The molecule has 2 saturated carbocycles. The van der Waals surface area contributed by atoms with E-state index < -0.39 is 0 Å². The number of likely N-dealkylation sites (tertiary alicyclic amines) is 1. The Morgan fingerprint density at radius 1 is 1.00 bits per heavy atom. The van der Waals surface area contributed by atoms with Crippen molar-refractivity contribution in [3.8, 4) is 0 Å². The largest absolute Gasteiger partial charge is 0.411 e. The third kappa shape index (κ3) is 1.65. The van der Waals surface area contributed by atoms with Crippen LogP contribution in [0.1, 0.15) is 44.9 Å². The van der Waals surface area contributed by atoms with E-state index >= 15 is 0 Å². The highest BCUT2D eigenvalue weighted by molar-refractivity contribution is 5.91. The van der Waals surface area contributed by atoms with E-state index in [-0.39, 0.29) is 0 Å². The van der Waals surface area contributed by atoms with Gasteiger partial charge in [-0.05, 0) is 51.6 Å². The molecule has 0 radical (unpaired) electrons. The first-order valence-electron chi connectivity index (χ1n) is 6.86. The maximum atomic E-state index is 9.16. The van der Waals surface area contributed by atoms with Gasteiger partial charge in [0.25, 0.3) is 0 Å². The molecular weight excluding hydrogens is 200 g/mol. The Bertz CT molecular complexity index is 284.